The van der Waals surface area contributed by atoms with Crippen LogP contribution in [0.4, 0.5) is 5.82 Å². The topological polar surface area (TPSA) is 102 Å². The van der Waals surface area contributed by atoms with Gasteiger partial charge >= 0.3 is 0 Å². The summed E-state index contributed by atoms with van der Waals surface area (Å²) >= 11 is 0. The van der Waals surface area contributed by atoms with E-state index in [2.05, 4.69) is 38.0 Å². The third kappa shape index (κ3) is 4.65. The molecule has 10 heteroatoms. The summed E-state index contributed by atoms with van der Waals surface area (Å²) in [4.78, 5) is 12.4. The van der Waals surface area contributed by atoms with Crippen molar-refractivity contribution in [1.82, 2.24) is 24.4 Å². The molecule has 5 saturated heterocycles. The summed E-state index contributed by atoms with van der Waals surface area (Å²) in [5.74, 6) is 2.37. The van der Waals surface area contributed by atoms with Crippen molar-refractivity contribution in [2.24, 2.45) is 5.92 Å². The van der Waals surface area contributed by atoms with Crippen LogP contribution in [0.25, 0.3) is 16.6 Å². The van der Waals surface area contributed by atoms with E-state index in [0.29, 0.717) is 42.3 Å². The van der Waals surface area contributed by atoms with Crippen molar-refractivity contribution in [2.75, 3.05) is 50.8 Å². The number of hydrogen-bond acceptors (Lipinski definition) is 9. The van der Waals surface area contributed by atoms with E-state index in [9.17, 15) is 10.4 Å². The number of fused-ring (bicyclic) bond motifs is 5. The second kappa shape index (κ2) is 10.2. The lowest BCUT2D eigenvalue weighted by atomic mass is 9.86. The zero-order valence-corrected chi connectivity index (χ0v) is 23.3. The Kier molecular flexibility index (Phi) is 6.37. The number of aromatic nitrogens is 3. The Morgan fingerprint density at radius 1 is 1.07 bits per heavy atom. The standard InChI is InChI=1S/C31H37N7O3/c32-11-22-13-34-38-18-28(40-6-5-35-17-27-9-25(35)19-41-27)10-29(31(22)38)21-2-4-30(33-12-21)36-15-23-8-24(16-36)37(23)14-20-1-3-26(39)7-20/h2,4,10,12-13,18,20,23-27,39H,1,3,5-9,14-17,19H2/t20?,23?,24?,25?,26-,27?/m1/s1. The van der Waals surface area contributed by atoms with E-state index in [-0.39, 0.29) is 6.10 Å². The number of ether oxygens (including phenoxy) is 2. The zero-order valence-electron chi connectivity index (χ0n) is 23.3. The number of nitriles is 1. The molecule has 0 radical (unpaired) electrons. The number of hydrogen-bond donors (Lipinski definition) is 1. The molecule has 0 amide bonds. The Labute approximate surface area is 240 Å². The number of rotatable bonds is 8. The highest BCUT2D eigenvalue weighted by Crippen LogP contribution is 2.38. The molecule has 1 aliphatic carbocycles. The van der Waals surface area contributed by atoms with Gasteiger partial charge in [0.15, 0.2) is 0 Å². The van der Waals surface area contributed by atoms with Crippen molar-refractivity contribution in [3.63, 3.8) is 0 Å². The summed E-state index contributed by atoms with van der Waals surface area (Å²) in [7, 11) is 0. The van der Waals surface area contributed by atoms with Crippen molar-refractivity contribution in [1.29, 1.82) is 5.26 Å². The predicted molar refractivity (Wildman–Crippen MR) is 153 cm³/mol. The van der Waals surface area contributed by atoms with E-state index < -0.39 is 0 Å². The molecule has 6 atom stereocenters. The Morgan fingerprint density at radius 3 is 2.68 bits per heavy atom. The second-order valence-electron chi connectivity index (χ2n) is 12.6. The average molecular weight is 556 g/mol. The molecule has 1 N–H and O–H groups in total. The van der Waals surface area contributed by atoms with Gasteiger partial charge in [-0.2, -0.15) is 10.4 Å². The third-order valence-electron chi connectivity index (χ3n) is 10.1. The van der Waals surface area contributed by atoms with Crippen molar-refractivity contribution in [3.8, 4) is 22.9 Å². The van der Waals surface area contributed by atoms with E-state index in [1.54, 1.807) is 10.7 Å². The van der Waals surface area contributed by atoms with Gasteiger partial charge in [0.2, 0.25) is 0 Å². The normalized spacial score (nSPS) is 31.1. The number of likely N-dealkylation sites (tertiary alicyclic amines) is 1. The molecular formula is C31H37N7O3. The van der Waals surface area contributed by atoms with Crippen LogP contribution in [0.2, 0.25) is 0 Å². The van der Waals surface area contributed by atoms with Crippen LogP contribution in [0.15, 0.2) is 36.8 Å². The lowest BCUT2D eigenvalue weighted by Gasteiger charge is -2.57. The number of aliphatic hydroxyl groups excluding tert-OH is 1. The molecule has 3 aromatic rings. The number of piperidine rings is 1. The quantitative estimate of drug-likeness (QED) is 0.449. The lowest BCUT2D eigenvalue weighted by molar-refractivity contribution is -0.0142. The summed E-state index contributed by atoms with van der Waals surface area (Å²) in [5, 5.41) is 24.1. The van der Waals surface area contributed by atoms with Crippen LogP contribution in [0.3, 0.4) is 0 Å². The van der Waals surface area contributed by atoms with Crippen molar-refractivity contribution in [3.05, 3.63) is 42.4 Å². The monoisotopic (exact) mass is 555 g/mol. The fourth-order valence-corrected chi connectivity index (χ4v) is 7.93. The predicted octanol–water partition coefficient (Wildman–Crippen LogP) is 2.54. The minimum Gasteiger partial charge on any atom is -0.491 e. The first-order chi connectivity index (χ1) is 20.1. The number of pyridine rings is 2. The Balaban J connectivity index is 0.968. The highest BCUT2D eigenvalue weighted by atomic mass is 16.5. The molecule has 10 nitrogen and oxygen atoms in total. The highest BCUT2D eigenvalue weighted by molar-refractivity contribution is 5.85. The van der Waals surface area contributed by atoms with Crippen molar-refractivity contribution >= 4 is 11.3 Å². The molecule has 3 aromatic heterocycles. The maximum atomic E-state index is 9.92. The molecule has 8 heterocycles. The summed E-state index contributed by atoms with van der Waals surface area (Å²) < 4.78 is 13.7. The van der Waals surface area contributed by atoms with Gasteiger partial charge in [0, 0.05) is 68.2 Å². The van der Waals surface area contributed by atoms with Gasteiger partial charge in [0.1, 0.15) is 24.2 Å². The molecule has 9 rings (SSSR count). The van der Waals surface area contributed by atoms with Crippen LogP contribution in [-0.2, 0) is 4.74 Å². The SMILES string of the molecule is N#Cc1cnn2cc(OCCN3CC4CC3CO4)cc(-c3ccc(N4CC5CC(C4)N5CC4CC[C@@H](O)C4)nc3)c12. The number of piperazine rings is 1. The van der Waals surface area contributed by atoms with Crippen molar-refractivity contribution < 1.29 is 14.6 Å². The molecule has 214 valence electrons. The van der Waals surface area contributed by atoms with Gasteiger partial charge in [-0.3, -0.25) is 9.80 Å². The minimum absolute atomic E-state index is 0.0961. The van der Waals surface area contributed by atoms with E-state index >= 15 is 0 Å². The number of aliphatic hydroxyl groups is 1. The van der Waals surface area contributed by atoms with E-state index in [1.807, 2.05) is 18.5 Å². The Morgan fingerprint density at radius 2 is 1.98 bits per heavy atom. The zero-order chi connectivity index (χ0) is 27.5. The van der Waals surface area contributed by atoms with E-state index in [0.717, 1.165) is 93.2 Å². The third-order valence-corrected chi connectivity index (χ3v) is 10.1. The number of nitrogens with zero attached hydrogens (tertiary/aromatic N) is 7. The second-order valence-corrected chi connectivity index (χ2v) is 12.6. The fourth-order valence-electron chi connectivity index (χ4n) is 7.93. The van der Waals surface area contributed by atoms with Crippen LogP contribution in [0.5, 0.6) is 5.75 Å². The first kappa shape index (κ1) is 25.5. The Bertz CT molecular complexity index is 1460. The smallest absolute Gasteiger partial charge is 0.138 e. The molecule has 6 aliphatic rings. The van der Waals surface area contributed by atoms with Gasteiger partial charge < -0.3 is 19.5 Å². The van der Waals surface area contributed by atoms with Crippen LogP contribution >= 0.6 is 0 Å². The summed E-state index contributed by atoms with van der Waals surface area (Å²) in [5.41, 5.74) is 3.15. The number of anilines is 1. The van der Waals surface area contributed by atoms with Gasteiger partial charge in [-0.1, -0.05) is 0 Å². The van der Waals surface area contributed by atoms with Crippen LogP contribution in [0, 0.1) is 17.2 Å². The Hall–Kier alpha value is -3.23. The fraction of sp³-hybridized carbons (Fsp3) is 0.581. The molecule has 4 bridgehead atoms. The maximum absolute atomic E-state index is 9.92. The summed E-state index contributed by atoms with van der Waals surface area (Å²) in [6.07, 6.45) is 11.1. The maximum Gasteiger partial charge on any atom is 0.138 e. The molecule has 5 aliphatic heterocycles. The molecule has 1 saturated carbocycles. The van der Waals surface area contributed by atoms with Crippen LogP contribution in [0.1, 0.15) is 37.7 Å². The molecule has 6 fully saturated rings. The lowest BCUT2D eigenvalue weighted by Crippen LogP contribution is -2.69. The van der Waals surface area contributed by atoms with Gasteiger partial charge in [-0.25, -0.2) is 9.50 Å². The largest absolute Gasteiger partial charge is 0.491 e. The van der Waals surface area contributed by atoms with E-state index in [4.69, 9.17) is 14.5 Å². The van der Waals surface area contributed by atoms with Crippen molar-refractivity contribution in [2.45, 2.75) is 62.4 Å². The molecule has 5 unspecified atom stereocenters. The summed E-state index contributed by atoms with van der Waals surface area (Å²) in [6, 6.07) is 10.2. The molecule has 0 spiro atoms. The number of morpholine rings is 1. The van der Waals surface area contributed by atoms with E-state index in [1.165, 1.54) is 6.42 Å². The molecule has 0 aromatic carbocycles. The van der Waals surface area contributed by atoms with Gasteiger partial charge in [-0.05, 0) is 56.2 Å². The van der Waals surface area contributed by atoms with Gasteiger partial charge in [-0.15, -0.1) is 0 Å². The van der Waals surface area contributed by atoms with Crippen LogP contribution < -0.4 is 9.64 Å². The first-order valence-corrected chi connectivity index (χ1v) is 15.2. The van der Waals surface area contributed by atoms with Gasteiger partial charge in [0.25, 0.3) is 0 Å². The van der Waals surface area contributed by atoms with Gasteiger partial charge in [0.05, 0.1) is 42.3 Å². The molecular weight excluding hydrogens is 518 g/mol. The minimum atomic E-state index is -0.0961. The first-order valence-electron chi connectivity index (χ1n) is 15.2. The summed E-state index contributed by atoms with van der Waals surface area (Å²) in [6.45, 7) is 6.40. The molecule has 41 heavy (non-hydrogen) atoms. The average Bonchev–Trinajstić information content (AvgIpc) is 3.81. The highest BCUT2D eigenvalue weighted by Gasteiger charge is 2.46. The van der Waals surface area contributed by atoms with Crippen LogP contribution in [-0.4, -0.2) is 106 Å².